The molecule has 1 N–H and O–H groups in total. The molecule has 0 amide bonds. The van der Waals surface area contributed by atoms with Crippen molar-refractivity contribution in [1.29, 1.82) is 0 Å². The van der Waals surface area contributed by atoms with E-state index in [0.29, 0.717) is 5.54 Å². The SMILES string of the molecule is SSNCC1(N2CCCCC2)CCCCC1. The largest absolute Gasteiger partial charge is 0.296 e. The van der Waals surface area contributed by atoms with Crippen molar-refractivity contribution in [1.82, 2.24) is 9.62 Å². The Hall–Kier alpha value is 0.620. The molecule has 1 aliphatic heterocycles. The zero-order chi connectivity index (χ0) is 11.3. The number of nitrogens with one attached hydrogen (secondary N) is 1. The maximum absolute atomic E-state index is 4.21. The number of thiol groups is 1. The van der Waals surface area contributed by atoms with Gasteiger partial charge in [-0.15, -0.1) is 0 Å². The Bertz CT molecular complexity index is 199. The molecule has 0 bridgehead atoms. The third kappa shape index (κ3) is 3.09. The number of likely N-dealkylation sites (tertiary alicyclic amines) is 1. The van der Waals surface area contributed by atoms with Gasteiger partial charge in [-0.3, -0.25) is 9.62 Å². The number of hydrogen-bond donors (Lipinski definition) is 2. The molecule has 2 fully saturated rings. The molecular weight excluding hydrogens is 236 g/mol. The van der Waals surface area contributed by atoms with Crippen LogP contribution in [0.15, 0.2) is 0 Å². The molecule has 0 aromatic heterocycles. The Kier molecular flexibility index (Phi) is 5.33. The van der Waals surface area contributed by atoms with Crippen molar-refractivity contribution < 1.29 is 0 Å². The van der Waals surface area contributed by atoms with E-state index >= 15 is 0 Å². The molecule has 2 aliphatic rings. The molecule has 1 heterocycles. The predicted octanol–water partition coefficient (Wildman–Crippen LogP) is 3.26. The second-order valence-electron chi connectivity index (χ2n) is 5.25. The molecule has 1 saturated heterocycles. The fourth-order valence-electron chi connectivity index (χ4n) is 3.35. The normalized spacial score (nSPS) is 26.8. The summed E-state index contributed by atoms with van der Waals surface area (Å²) in [5, 5.41) is 0. The summed E-state index contributed by atoms with van der Waals surface area (Å²) in [5.41, 5.74) is 0.453. The van der Waals surface area contributed by atoms with E-state index in [1.54, 1.807) is 0 Å². The third-order valence-corrected chi connectivity index (χ3v) is 4.94. The maximum atomic E-state index is 4.21. The van der Waals surface area contributed by atoms with Crippen LogP contribution in [0.2, 0.25) is 0 Å². The average Bonchev–Trinajstić information content (AvgIpc) is 2.38. The molecule has 4 heteroatoms. The second kappa shape index (κ2) is 6.53. The molecule has 0 aromatic carbocycles. The number of nitrogens with zero attached hydrogens (tertiary/aromatic N) is 1. The zero-order valence-corrected chi connectivity index (χ0v) is 11.8. The van der Waals surface area contributed by atoms with Crippen LogP contribution in [-0.4, -0.2) is 30.1 Å². The standard InChI is InChI=1S/C12H24N2S2/c15-16-13-11-12(7-3-1-4-8-12)14-9-5-2-6-10-14/h13,15H,1-11H2. The van der Waals surface area contributed by atoms with E-state index in [1.165, 1.54) is 75.4 Å². The molecule has 0 atom stereocenters. The van der Waals surface area contributed by atoms with Crippen molar-refractivity contribution in [2.75, 3.05) is 19.6 Å². The smallest absolute Gasteiger partial charge is 0.0343 e. The molecule has 16 heavy (non-hydrogen) atoms. The van der Waals surface area contributed by atoms with Crippen molar-refractivity contribution in [2.24, 2.45) is 0 Å². The molecule has 1 saturated carbocycles. The van der Waals surface area contributed by atoms with Crippen LogP contribution in [0.25, 0.3) is 0 Å². The molecule has 0 aromatic rings. The molecule has 0 unspecified atom stereocenters. The highest BCUT2D eigenvalue weighted by Gasteiger charge is 2.37. The van der Waals surface area contributed by atoms with E-state index in [4.69, 9.17) is 0 Å². The lowest BCUT2D eigenvalue weighted by atomic mass is 9.79. The Morgan fingerprint density at radius 1 is 1.00 bits per heavy atom. The molecule has 0 radical (unpaired) electrons. The van der Waals surface area contributed by atoms with Gasteiger partial charge < -0.3 is 0 Å². The minimum Gasteiger partial charge on any atom is -0.296 e. The Labute approximate surface area is 109 Å². The zero-order valence-electron chi connectivity index (χ0n) is 10.1. The predicted molar refractivity (Wildman–Crippen MR) is 75.8 cm³/mol. The van der Waals surface area contributed by atoms with Crippen LogP contribution in [0.4, 0.5) is 0 Å². The van der Waals surface area contributed by atoms with Gasteiger partial charge in [0.1, 0.15) is 0 Å². The first-order valence-electron chi connectivity index (χ1n) is 6.66. The Morgan fingerprint density at radius 2 is 1.62 bits per heavy atom. The Balaban J connectivity index is 1.99. The summed E-state index contributed by atoms with van der Waals surface area (Å²) >= 11 is 4.21. The van der Waals surface area contributed by atoms with Crippen LogP contribution in [-0.2, 0) is 0 Å². The first kappa shape index (κ1) is 13.1. The Morgan fingerprint density at radius 3 is 2.25 bits per heavy atom. The lowest BCUT2D eigenvalue weighted by molar-refractivity contribution is 0.0381. The van der Waals surface area contributed by atoms with E-state index in [0.717, 1.165) is 6.54 Å². The van der Waals surface area contributed by atoms with E-state index < -0.39 is 0 Å². The van der Waals surface area contributed by atoms with Gasteiger partial charge in [0.15, 0.2) is 0 Å². The van der Waals surface area contributed by atoms with E-state index in [2.05, 4.69) is 21.3 Å². The molecule has 0 spiro atoms. The monoisotopic (exact) mass is 260 g/mol. The maximum Gasteiger partial charge on any atom is 0.0343 e. The summed E-state index contributed by atoms with van der Waals surface area (Å²) < 4.78 is 3.40. The first-order valence-corrected chi connectivity index (χ1v) is 8.53. The van der Waals surface area contributed by atoms with Crippen molar-refractivity contribution >= 4 is 22.6 Å². The van der Waals surface area contributed by atoms with Gasteiger partial charge in [0.05, 0.1) is 0 Å². The van der Waals surface area contributed by atoms with Crippen molar-refractivity contribution in [3.05, 3.63) is 0 Å². The molecule has 2 nitrogen and oxygen atoms in total. The van der Waals surface area contributed by atoms with Gasteiger partial charge in [0, 0.05) is 12.1 Å². The lowest BCUT2D eigenvalue weighted by Crippen LogP contribution is -2.56. The number of hydrogen-bond acceptors (Lipinski definition) is 4. The second-order valence-corrected chi connectivity index (χ2v) is 6.26. The van der Waals surface area contributed by atoms with Gasteiger partial charge in [-0.1, -0.05) is 37.3 Å². The topological polar surface area (TPSA) is 15.3 Å². The third-order valence-electron chi connectivity index (χ3n) is 4.28. The molecule has 94 valence electrons. The lowest BCUT2D eigenvalue weighted by Gasteiger charge is -2.48. The van der Waals surface area contributed by atoms with Crippen LogP contribution in [0.1, 0.15) is 51.4 Å². The van der Waals surface area contributed by atoms with Gasteiger partial charge in [0.25, 0.3) is 0 Å². The van der Waals surface area contributed by atoms with Gasteiger partial charge in [-0.05, 0) is 49.8 Å². The van der Waals surface area contributed by atoms with Crippen LogP contribution in [0.3, 0.4) is 0 Å². The summed E-state index contributed by atoms with van der Waals surface area (Å²) in [6.45, 7) is 3.75. The average molecular weight is 260 g/mol. The summed E-state index contributed by atoms with van der Waals surface area (Å²) in [6, 6.07) is 0. The van der Waals surface area contributed by atoms with Crippen molar-refractivity contribution in [2.45, 2.75) is 56.9 Å². The highest BCUT2D eigenvalue weighted by molar-refractivity contribution is 8.67. The van der Waals surface area contributed by atoms with Crippen LogP contribution >= 0.6 is 22.6 Å². The summed E-state index contributed by atoms with van der Waals surface area (Å²) in [5.74, 6) is 0. The quantitative estimate of drug-likeness (QED) is 0.458. The van der Waals surface area contributed by atoms with Gasteiger partial charge in [-0.25, -0.2) is 0 Å². The van der Waals surface area contributed by atoms with Gasteiger partial charge >= 0.3 is 0 Å². The van der Waals surface area contributed by atoms with Gasteiger partial charge in [0.2, 0.25) is 0 Å². The minimum atomic E-state index is 0.453. The van der Waals surface area contributed by atoms with Gasteiger partial charge in [-0.2, -0.15) is 0 Å². The number of rotatable bonds is 4. The molecular formula is C12H24N2S2. The molecule has 1 aliphatic carbocycles. The van der Waals surface area contributed by atoms with E-state index in [9.17, 15) is 0 Å². The minimum absolute atomic E-state index is 0.453. The summed E-state index contributed by atoms with van der Waals surface area (Å²) in [4.78, 5) is 2.77. The van der Waals surface area contributed by atoms with Crippen LogP contribution in [0.5, 0.6) is 0 Å². The highest BCUT2D eigenvalue weighted by atomic mass is 33.1. The van der Waals surface area contributed by atoms with E-state index in [1.807, 2.05) is 0 Å². The number of piperidine rings is 1. The first-order chi connectivity index (χ1) is 7.87. The van der Waals surface area contributed by atoms with Crippen LogP contribution < -0.4 is 4.72 Å². The highest BCUT2D eigenvalue weighted by Crippen LogP contribution is 2.35. The molecule has 2 rings (SSSR count). The fraction of sp³-hybridized carbons (Fsp3) is 1.00. The fourth-order valence-corrected chi connectivity index (χ4v) is 3.88. The summed E-state index contributed by atoms with van der Waals surface area (Å²) in [6.07, 6.45) is 11.3. The summed E-state index contributed by atoms with van der Waals surface area (Å²) in [7, 11) is 1.48. The van der Waals surface area contributed by atoms with E-state index in [-0.39, 0.29) is 0 Å². The van der Waals surface area contributed by atoms with Crippen molar-refractivity contribution in [3.63, 3.8) is 0 Å². The van der Waals surface area contributed by atoms with Crippen molar-refractivity contribution in [3.8, 4) is 0 Å². The van der Waals surface area contributed by atoms with Crippen LogP contribution in [0, 0.1) is 0 Å².